The minimum atomic E-state index is -0.788. The topological polar surface area (TPSA) is 95.9 Å². The Labute approximate surface area is 373 Å². The molecule has 0 spiro atoms. The normalized spacial score (nSPS) is 13.5. The predicted molar refractivity (Wildman–Crippen MR) is 259 cm³/mol. The molecule has 0 saturated heterocycles. The summed E-state index contributed by atoms with van der Waals surface area (Å²) in [7, 11) is 0. The fourth-order valence-corrected chi connectivity index (χ4v) is 8.03. The van der Waals surface area contributed by atoms with Gasteiger partial charge in [0.1, 0.15) is 6.10 Å². The average molecular weight is 844 g/mol. The first kappa shape index (κ1) is 58.1. The van der Waals surface area contributed by atoms with Crippen molar-refractivity contribution in [3.63, 3.8) is 0 Å². The first-order valence-corrected chi connectivity index (χ1v) is 26.2. The molecule has 3 N–H and O–H groups in total. The van der Waals surface area contributed by atoms with Crippen LogP contribution in [0.4, 0.5) is 0 Å². The molecule has 0 rings (SSSR count). The molecule has 3 atom stereocenters. The minimum Gasteiger partial charge on any atom is -0.462 e. The van der Waals surface area contributed by atoms with Crippen LogP contribution < -0.4 is 5.32 Å². The van der Waals surface area contributed by atoms with Crippen molar-refractivity contribution in [3.8, 4) is 0 Å². The summed E-state index contributed by atoms with van der Waals surface area (Å²) in [4.78, 5) is 26.1. The summed E-state index contributed by atoms with van der Waals surface area (Å²) in [5, 5.41) is 23.7. The number of ether oxygens (including phenoxy) is 1. The van der Waals surface area contributed by atoms with Gasteiger partial charge in [0.25, 0.3) is 0 Å². The number of nitrogens with one attached hydrogen (secondary N) is 1. The number of hydrogen-bond donors (Lipinski definition) is 3. The number of aliphatic hydroxyl groups excluding tert-OH is 2. The van der Waals surface area contributed by atoms with Gasteiger partial charge in [-0.1, -0.05) is 237 Å². The summed E-state index contributed by atoms with van der Waals surface area (Å²) in [5.74, 6) is -0.488. The van der Waals surface area contributed by atoms with Gasteiger partial charge in [0.15, 0.2) is 0 Å². The molecule has 0 saturated carbocycles. The number of esters is 1. The third-order valence-corrected chi connectivity index (χ3v) is 12.0. The molecule has 0 aliphatic heterocycles. The van der Waals surface area contributed by atoms with Crippen molar-refractivity contribution in [1.29, 1.82) is 0 Å². The van der Waals surface area contributed by atoms with E-state index in [2.05, 4.69) is 62.5 Å². The molecule has 3 unspecified atom stereocenters. The van der Waals surface area contributed by atoms with Crippen LogP contribution in [0.5, 0.6) is 0 Å². The summed E-state index contributed by atoms with van der Waals surface area (Å²) in [6, 6.07) is -0.702. The maximum Gasteiger partial charge on any atom is 0.306 e. The highest BCUT2D eigenvalue weighted by molar-refractivity contribution is 5.77. The number of aliphatic hydroxyl groups is 2. The maximum atomic E-state index is 13.2. The van der Waals surface area contributed by atoms with Gasteiger partial charge < -0.3 is 20.3 Å². The van der Waals surface area contributed by atoms with Crippen molar-refractivity contribution >= 4 is 11.9 Å². The molecule has 0 aromatic rings. The van der Waals surface area contributed by atoms with Crippen molar-refractivity contribution in [3.05, 3.63) is 36.5 Å². The Hall–Kier alpha value is -1.92. The Balaban J connectivity index is 4.57. The van der Waals surface area contributed by atoms with E-state index in [1.54, 1.807) is 0 Å². The maximum absolute atomic E-state index is 13.2. The van der Waals surface area contributed by atoms with Gasteiger partial charge in [0.05, 0.1) is 25.2 Å². The molecule has 60 heavy (non-hydrogen) atoms. The molecule has 0 fully saturated rings. The van der Waals surface area contributed by atoms with E-state index >= 15 is 0 Å². The van der Waals surface area contributed by atoms with Crippen LogP contribution in [0, 0.1) is 0 Å². The van der Waals surface area contributed by atoms with E-state index in [1.807, 2.05) is 0 Å². The molecule has 6 nitrogen and oxygen atoms in total. The average Bonchev–Trinajstić information content (AvgIpc) is 3.24. The standard InChI is InChI=1S/C54H101NO5/c1-4-7-10-13-16-19-22-24-26-27-28-29-31-33-36-39-42-45-50(60-54(59)47-44-41-38-35-32-30-25-23-20-17-14-11-8-5-2)48-53(58)55-51(49-56)52(57)46-43-40-37-34-21-18-15-12-9-6-3/h8,11,17,20,25,30,50-52,56-57H,4-7,9-10,12-16,18-19,21-24,26-29,31-49H2,1-3H3,(H,55,58)/b11-8+,20-17+,30-25+. The highest BCUT2D eigenvalue weighted by Crippen LogP contribution is 2.18. The predicted octanol–water partition coefficient (Wildman–Crippen LogP) is 15.7. The molecule has 0 aliphatic carbocycles. The molecule has 0 aliphatic rings. The second-order valence-electron chi connectivity index (χ2n) is 17.9. The zero-order valence-electron chi connectivity index (χ0n) is 40.1. The van der Waals surface area contributed by atoms with Crippen LogP contribution in [0.3, 0.4) is 0 Å². The smallest absolute Gasteiger partial charge is 0.306 e. The van der Waals surface area contributed by atoms with Crippen LogP contribution in [0.15, 0.2) is 36.5 Å². The first-order valence-electron chi connectivity index (χ1n) is 26.2. The van der Waals surface area contributed by atoms with Gasteiger partial charge in [0, 0.05) is 6.42 Å². The zero-order chi connectivity index (χ0) is 43.8. The molecule has 0 bridgehead atoms. The first-order chi connectivity index (χ1) is 29.5. The lowest BCUT2D eigenvalue weighted by Gasteiger charge is -2.24. The van der Waals surface area contributed by atoms with Crippen LogP contribution in [0.25, 0.3) is 0 Å². The van der Waals surface area contributed by atoms with E-state index in [0.717, 1.165) is 83.5 Å². The van der Waals surface area contributed by atoms with E-state index < -0.39 is 18.2 Å². The Morgan fingerprint density at radius 2 is 0.900 bits per heavy atom. The van der Waals surface area contributed by atoms with Crippen molar-refractivity contribution in [2.45, 2.75) is 289 Å². The van der Waals surface area contributed by atoms with Gasteiger partial charge in [-0.2, -0.15) is 0 Å². The van der Waals surface area contributed by atoms with Crippen LogP contribution >= 0.6 is 0 Å². The largest absolute Gasteiger partial charge is 0.462 e. The summed E-state index contributed by atoms with van der Waals surface area (Å²) in [6.07, 6.45) is 56.4. The number of carbonyl (C=O) groups is 2. The summed E-state index contributed by atoms with van der Waals surface area (Å²) in [6.45, 7) is 6.37. The van der Waals surface area contributed by atoms with Gasteiger partial charge in [0.2, 0.25) is 5.91 Å². The molecular formula is C54H101NO5. The quantitative estimate of drug-likeness (QED) is 0.0322. The molecule has 6 heteroatoms. The second-order valence-corrected chi connectivity index (χ2v) is 17.9. The SMILES string of the molecule is CC/C=C/C/C=C/C/C=C/CCCCCCC(=O)OC(CCCCCCCCCCCCCCCCCCC)CC(=O)NC(CO)C(O)CCCCCCCCCCCC. The Kier molecular flexibility index (Phi) is 46.6. The molecule has 0 heterocycles. The summed E-state index contributed by atoms with van der Waals surface area (Å²) >= 11 is 0. The van der Waals surface area contributed by atoms with E-state index in [9.17, 15) is 19.8 Å². The number of carbonyl (C=O) groups excluding carboxylic acids is 2. The van der Waals surface area contributed by atoms with Crippen molar-refractivity contribution in [2.75, 3.05) is 6.61 Å². The lowest BCUT2D eigenvalue weighted by molar-refractivity contribution is -0.151. The van der Waals surface area contributed by atoms with Gasteiger partial charge in [-0.3, -0.25) is 9.59 Å². The molecule has 0 aromatic heterocycles. The van der Waals surface area contributed by atoms with E-state index in [4.69, 9.17) is 4.74 Å². The van der Waals surface area contributed by atoms with E-state index in [1.165, 1.54) is 141 Å². The molecule has 352 valence electrons. The monoisotopic (exact) mass is 844 g/mol. The second kappa shape index (κ2) is 48.1. The number of unbranched alkanes of at least 4 members (excludes halogenated alkanes) is 29. The summed E-state index contributed by atoms with van der Waals surface area (Å²) in [5.41, 5.74) is 0. The number of amides is 1. The Morgan fingerprint density at radius 3 is 1.37 bits per heavy atom. The van der Waals surface area contributed by atoms with Crippen molar-refractivity contribution in [1.82, 2.24) is 5.32 Å². The van der Waals surface area contributed by atoms with Gasteiger partial charge in [-0.25, -0.2) is 0 Å². The van der Waals surface area contributed by atoms with E-state index in [0.29, 0.717) is 19.3 Å². The highest BCUT2D eigenvalue weighted by atomic mass is 16.5. The van der Waals surface area contributed by atoms with Crippen LogP contribution in [-0.4, -0.2) is 46.9 Å². The van der Waals surface area contributed by atoms with Crippen LogP contribution in [0.1, 0.15) is 271 Å². The number of hydrogen-bond acceptors (Lipinski definition) is 5. The van der Waals surface area contributed by atoms with Gasteiger partial charge >= 0.3 is 5.97 Å². The zero-order valence-corrected chi connectivity index (χ0v) is 40.1. The minimum absolute atomic E-state index is 0.0725. The lowest BCUT2D eigenvalue weighted by Crippen LogP contribution is -2.46. The third-order valence-electron chi connectivity index (χ3n) is 12.0. The molecular weight excluding hydrogens is 743 g/mol. The van der Waals surface area contributed by atoms with Gasteiger partial charge in [-0.15, -0.1) is 0 Å². The number of rotatable bonds is 47. The van der Waals surface area contributed by atoms with Crippen LogP contribution in [-0.2, 0) is 14.3 Å². The lowest BCUT2D eigenvalue weighted by atomic mass is 10.0. The Bertz CT molecular complexity index is 993. The fraction of sp³-hybridized carbons (Fsp3) is 0.852. The highest BCUT2D eigenvalue weighted by Gasteiger charge is 2.24. The van der Waals surface area contributed by atoms with E-state index in [-0.39, 0.29) is 24.9 Å². The fourth-order valence-electron chi connectivity index (χ4n) is 8.03. The Morgan fingerprint density at radius 1 is 0.500 bits per heavy atom. The van der Waals surface area contributed by atoms with Gasteiger partial charge in [-0.05, 0) is 57.8 Å². The molecule has 1 amide bonds. The summed E-state index contributed by atoms with van der Waals surface area (Å²) < 4.78 is 5.93. The van der Waals surface area contributed by atoms with Crippen molar-refractivity contribution < 1.29 is 24.5 Å². The van der Waals surface area contributed by atoms with Crippen molar-refractivity contribution in [2.24, 2.45) is 0 Å². The molecule has 0 radical (unpaired) electrons. The molecule has 0 aromatic carbocycles. The number of allylic oxidation sites excluding steroid dienone is 6. The third kappa shape index (κ3) is 42.8. The van der Waals surface area contributed by atoms with Crippen LogP contribution in [0.2, 0.25) is 0 Å².